The van der Waals surface area contributed by atoms with Gasteiger partial charge in [-0.1, -0.05) is 0 Å². The lowest BCUT2D eigenvalue weighted by Gasteiger charge is -2.14. The molecule has 2 rings (SSSR count). The van der Waals surface area contributed by atoms with Crippen LogP contribution in [0.15, 0.2) is 22.3 Å². The van der Waals surface area contributed by atoms with Gasteiger partial charge in [-0.25, -0.2) is 4.98 Å². The van der Waals surface area contributed by atoms with Gasteiger partial charge >= 0.3 is 0 Å². The minimum absolute atomic E-state index is 0.169. The van der Waals surface area contributed by atoms with Crippen molar-refractivity contribution in [1.82, 2.24) is 10.4 Å². The van der Waals surface area contributed by atoms with Crippen LogP contribution in [0.1, 0.15) is 22.2 Å². The third kappa shape index (κ3) is 2.43. The molecule has 0 aliphatic rings. The summed E-state index contributed by atoms with van der Waals surface area (Å²) >= 11 is 3.38. The molecule has 0 saturated carbocycles. The maximum Gasteiger partial charge on any atom is 0.0944 e. The standard InChI is InChI=1S/C10H13N3S2/c1-7-5-14-6-8(7)9(13-11)4-10-12-2-3-15-10/h2-3,5-6,9,13H,4,11H2,1H3. The van der Waals surface area contributed by atoms with E-state index in [4.69, 9.17) is 5.84 Å². The molecule has 80 valence electrons. The number of hydrogen-bond donors (Lipinski definition) is 2. The predicted molar refractivity (Wildman–Crippen MR) is 64.9 cm³/mol. The molecule has 0 spiro atoms. The van der Waals surface area contributed by atoms with E-state index < -0.39 is 0 Å². The van der Waals surface area contributed by atoms with Crippen LogP contribution in [-0.4, -0.2) is 4.98 Å². The van der Waals surface area contributed by atoms with Gasteiger partial charge in [0.05, 0.1) is 11.0 Å². The molecule has 2 aromatic heterocycles. The summed E-state index contributed by atoms with van der Waals surface area (Å²) in [5.74, 6) is 5.58. The first kappa shape index (κ1) is 10.8. The summed E-state index contributed by atoms with van der Waals surface area (Å²) in [5, 5.41) is 7.39. The van der Waals surface area contributed by atoms with Gasteiger partial charge in [-0.2, -0.15) is 11.3 Å². The normalized spacial score (nSPS) is 12.9. The van der Waals surface area contributed by atoms with Crippen molar-refractivity contribution in [2.75, 3.05) is 0 Å². The van der Waals surface area contributed by atoms with E-state index >= 15 is 0 Å². The van der Waals surface area contributed by atoms with Crippen LogP contribution in [0.2, 0.25) is 0 Å². The maximum absolute atomic E-state index is 5.58. The van der Waals surface area contributed by atoms with E-state index in [2.05, 4.69) is 28.1 Å². The van der Waals surface area contributed by atoms with Gasteiger partial charge in [0.25, 0.3) is 0 Å². The predicted octanol–water partition coefficient (Wildman–Crippen LogP) is 2.26. The van der Waals surface area contributed by atoms with Crippen LogP contribution < -0.4 is 11.3 Å². The molecule has 2 heterocycles. The second-order valence-corrected chi connectivity index (χ2v) is 5.08. The number of nitrogens with two attached hydrogens (primary N) is 1. The van der Waals surface area contributed by atoms with Gasteiger partial charge in [-0.3, -0.25) is 11.3 Å². The van der Waals surface area contributed by atoms with Crippen LogP contribution in [0.3, 0.4) is 0 Å². The van der Waals surface area contributed by atoms with E-state index in [1.165, 1.54) is 11.1 Å². The number of rotatable bonds is 4. The molecular weight excluding hydrogens is 226 g/mol. The summed E-state index contributed by atoms with van der Waals surface area (Å²) < 4.78 is 0. The highest BCUT2D eigenvalue weighted by atomic mass is 32.1. The molecule has 0 fully saturated rings. The van der Waals surface area contributed by atoms with Crippen molar-refractivity contribution in [1.29, 1.82) is 0 Å². The van der Waals surface area contributed by atoms with Gasteiger partial charge in [0.15, 0.2) is 0 Å². The number of aromatic nitrogens is 1. The molecule has 2 aromatic rings. The molecule has 3 N–H and O–H groups in total. The maximum atomic E-state index is 5.58. The fourth-order valence-electron chi connectivity index (χ4n) is 1.51. The molecule has 5 heteroatoms. The monoisotopic (exact) mass is 239 g/mol. The summed E-state index contributed by atoms with van der Waals surface area (Å²) in [4.78, 5) is 4.27. The zero-order chi connectivity index (χ0) is 10.7. The van der Waals surface area contributed by atoms with Crippen molar-refractivity contribution >= 4 is 22.7 Å². The van der Waals surface area contributed by atoms with Crippen LogP contribution in [0.5, 0.6) is 0 Å². The number of aryl methyl sites for hydroxylation is 1. The first-order valence-corrected chi connectivity index (χ1v) is 6.50. The molecule has 1 atom stereocenters. The van der Waals surface area contributed by atoms with Crippen molar-refractivity contribution in [2.24, 2.45) is 5.84 Å². The van der Waals surface area contributed by atoms with Crippen LogP contribution in [0, 0.1) is 6.92 Å². The molecule has 0 aliphatic heterocycles. The number of thiophene rings is 1. The SMILES string of the molecule is Cc1cscc1C(Cc1nccs1)NN. The van der Waals surface area contributed by atoms with E-state index in [1.54, 1.807) is 22.7 Å². The lowest BCUT2D eigenvalue weighted by molar-refractivity contribution is 0.550. The molecule has 0 aromatic carbocycles. The molecule has 0 amide bonds. The van der Waals surface area contributed by atoms with E-state index in [0.29, 0.717) is 0 Å². The van der Waals surface area contributed by atoms with Gasteiger partial charge in [0.2, 0.25) is 0 Å². The highest BCUT2D eigenvalue weighted by Crippen LogP contribution is 2.24. The average Bonchev–Trinajstić information content (AvgIpc) is 2.85. The van der Waals surface area contributed by atoms with Crippen LogP contribution in [0.4, 0.5) is 0 Å². The largest absolute Gasteiger partial charge is 0.271 e. The zero-order valence-corrected chi connectivity index (χ0v) is 10.1. The van der Waals surface area contributed by atoms with E-state index in [1.807, 2.05) is 11.6 Å². The average molecular weight is 239 g/mol. The Morgan fingerprint density at radius 1 is 1.53 bits per heavy atom. The highest BCUT2D eigenvalue weighted by molar-refractivity contribution is 7.09. The van der Waals surface area contributed by atoms with Crippen molar-refractivity contribution < 1.29 is 0 Å². The van der Waals surface area contributed by atoms with Crippen LogP contribution in [-0.2, 0) is 6.42 Å². The summed E-state index contributed by atoms with van der Waals surface area (Å²) in [6.45, 7) is 2.11. The van der Waals surface area contributed by atoms with E-state index in [-0.39, 0.29) is 6.04 Å². The first-order chi connectivity index (χ1) is 7.31. The third-order valence-electron chi connectivity index (χ3n) is 2.33. The van der Waals surface area contributed by atoms with Crippen molar-refractivity contribution in [3.63, 3.8) is 0 Å². The Morgan fingerprint density at radius 3 is 2.93 bits per heavy atom. The minimum Gasteiger partial charge on any atom is -0.271 e. The second kappa shape index (κ2) is 4.85. The lowest BCUT2D eigenvalue weighted by atomic mass is 10.0. The fraction of sp³-hybridized carbons (Fsp3) is 0.300. The lowest BCUT2D eigenvalue weighted by Crippen LogP contribution is -2.29. The topological polar surface area (TPSA) is 50.9 Å². The van der Waals surface area contributed by atoms with Crippen LogP contribution in [0.25, 0.3) is 0 Å². The fourth-order valence-corrected chi connectivity index (χ4v) is 3.08. The smallest absolute Gasteiger partial charge is 0.0944 e. The van der Waals surface area contributed by atoms with Gasteiger partial charge in [-0.05, 0) is 28.8 Å². The zero-order valence-electron chi connectivity index (χ0n) is 8.43. The summed E-state index contributed by atoms with van der Waals surface area (Å²) in [6, 6.07) is 0.169. The highest BCUT2D eigenvalue weighted by Gasteiger charge is 2.14. The number of nitrogens with one attached hydrogen (secondary N) is 1. The Hall–Kier alpha value is -0.750. The van der Waals surface area contributed by atoms with Gasteiger partial charge in [0.1, 0.15) is 0 Å². The molecular formula is C10H13N3S2. The number of hydrogen-bond acceptors (Lipinski definition) is 5. The van der Waals surface area contributed by atoms with Crippen molar-refractivity contribution in [3.8, 4) is 0 Å². The Balaban J connectivity index is 2.15. The number of thiazole rings is 1. The Bertz CT molecular complexity index is 408. The van der Waals surface area contributed by atoms with E-state index in [9.17, 15) is 0 Å². The van der Waals surface area contributed by atoms with Crippen LogP contribution >= 0.6 is 22.7 Å². The van der Waals surface area contributed by atoms with E-state index in [0.717, 1.165) is 11.4 Å². The minimum atomic E-state index is 0.169. The summed E-state index contributed by atoms with van der Waals surface area (Å²) in [5.41, 5.74) is 5.42. The van der Waals surface area contributed by atoms with Gasteiger partial charge < -0.3 is 0 Å². The van der Waals surface area contributed by atoms with Crippen molar-refractivity contribution in [2.45, 2.75) is 19.4 Å². The quantitative estimate of drug-likeness (QED) is 0.635. The van der Waals surface area contributed by atoms with Gasteiger partial charge in [0, 0.05) is 18.0 Å². The number of nitrogens with zero attached hydrogens (tertiary/aromatic N) is 1. The first-order valence-electron chi connectivity index (χ1n) is 4.68. The Morgan fingerprint density at radius 2 is 2.40 bits per heavy atom. The molecule has 0 bridgehead atoms. The molecule has 0 radical (unpaired) electrons. The Kier molecular flexibility index (Phi) is 3.48. The molecule has 15 heavy (non-hydrogen) atoms. The third-order valence-corrected chi connectivity index (χ3v) is 4.02. The molecule has 0 saturated heterocycles. The van der Waals surface area contributed by atoms with Crippen molar-refractivity contribution in [3.05, 3.63) is 38.5 Å². The summed E-state index contributed by atoms with van der Waals surface area (Å²) in [7, 11) is 0. The molecule has 1 unspecified atom stereocenters. The molecule has 0 aliphatic carbocycles. The Labute approximate surface area is 96.9 Å². The number of hydrazine groups is 1. The summed E-state index contributed by atoms with van der Waals surface area (Å²) in [6.07, 6.45) is 2.68. The van der Waals surface area contributed by atoms with Gasteiger partial charge in [-0.15, -0.1) is 11.3 Å². The molecule has 3 nitrogen and oxygen atoms in total. The second-order valence-electron chi connectivity index (χ2n) is 3.36.